The van der Waals surface area contributed by atoms with Gasteiger partial charge in [0.25, 0.3) is 0 Å². The molecule has 1 aromatic carbocycles. The first-order valence-electron chi connectivity index (χ1n) is 6.46. The number of hydrogen-bond acceptors (Lipinski definition) is 6. The zero-order chi connectivity index (χ0) is 15.7. The number of nitrogens with zero attached hydrogens (tertiary/aromatic N) is 1. The van der Waals surface area contributed by atoms with Gasteiger partial charge in [-0.05, 0) is 25.1 Å². The summed E-state index contributed by atoms with van der Waals surface area (Å²) in [7, 11) is 0. The third kappa shape index (κ3) is 2.73. The smallest absolute Gasteiger partial charge is 0.394 e. The Morgan fingerprint density at radius 1 is 1.27 bits per heavy atom. The summed E-state index contributed by atoms with van der Waals surface area (Å²) >= 11 is 1.21. The largest absolute Gasteiger partial charge is 0.486 e. The van der Waals surface area contributed by atoms with Crippen LogP contribution in [0.25, 0.3) is 11.3 Å². The highest BCUT2D eigenvalue weighted by atomic mass is 32.1. The second-order valence-electron chi connectivity index (χ2n) is 4.54. The normalized spacial score (nSPS) is 12.8. The van der Waals surface area contributed by atoms with Gasteiger partial charge in [0.2, 0.25) is 0 Å². The van der Waals surface area contributed by atoms with Crippen molar-refractivity contribution in [2.75, 3.05) is 18.5 Å². The Morgan fingerprint density at radius 2 is 2.00 bits per heavy atom. The number of aryl methyl sites for hydroxylation is 1. The summed E-state index contributed by atoms with van der Waals surface area (Å²) < 4.78 is 11.0. The van der Waals surface area contributed by atoms with E-state index in [0.717, 1.165) is 10.4 Å². The molecule has 0 aliphatic carbocycles. The van der Waals surface area contributed by atoms with Crippen LogP contribution in [0, 0.1) is 6.92 Å². The zero-order valence-corrected chi connectivity index (χ0v) is 12.4. The minimum Gasteiger partial charge on any atom is -0.486 e. The van der Waals surface area contributed by atoms with Crippen LogP contribution >= 0.6 is 11.3 Å². The number of ether oxygens (including phenoxy) is 2. The molecule has 3 rings (SSSR count). The molecule has 114 valence electrons. The molecule has 0 bridgehead atoms. The molecule has 8 heteroatoms. The highest BCUT2D eigenvalue weighted by molar-refractivity contribution is 7.16. The van der Waals surface area contributed by atoms with E-state index >= 15 is 0 Å². The molecule has 2 N–H and O–H groups in total. The van der Waals surface area contributed by atoms with Gasteiger partial charge in [0.15, 0.2) is 16.6 Å². The maximum absolute atomic E-state index is 11.2. The van der Waals surface area contributed by atoms with E-state index in [4.69, 9.17) is 14.6 Å². The van der Waals surface area contributed by atoms with Crippen LogP contribution in [0.4, 0.5) is 5.13 Å². The summed E-state index contributed by atoms with van der Waals surface area (Å²) in [6.45, 7) is 2.86. The predicted molar refractivity (Wildman–Crippen MR) is 79.5 cm³/mol. The van der Waals surface area contributed by atoms with Crippen LogP contribution in [0.1, 0.15) is 4.88 Å². The number of aliphatic carboxylic acids is 1. The van der Waals surface area contributed by atoms with Crippen molar-refractivity contribution in [2.24, 2.45) is 0 Å². The number of carboxylic acids is 1. The maximum atomic E-state index is 11.2. The van der Waals surface area contributed by atoms with Gasteiger partial charge in [0.05, 0.1) is 5.69 Å². The quantitative estimate of drug-likeness (QED) is 0.820. The first-order valence-corrected chi connectivity index (χ1v) is 7.28. The third-order valence-corrected chi connectivity index (χ3v) is 3.91. The maximum Gasteiger partial charge on any atom is 0.394 e. The van der Waals surface area contributed by atoms with Gasteiger partial charge in [-0.2, -0.15) is 0 Å². The van der Waals surface area contributed by atoms with Gasteiger partial charge >= 0.3 is 11.9 Å². The number of anilines is 1. The van der Waals surface area contributed by atoms with E-state index in [-0.39, 0.29) is 5.13 Å². The Bertz CT molecular complexity index is 756. The molecule has 0 unspecified atom stereocenters. The molecular formula is C14H12N2O5S. The number of thiazole rings is 1. The number of benzene rings is 1. The summed E-state index contributed by atoms with van der Waals surface area (Å²) in [6.07, 6.45) is 0. The molecule has 1 amide bonds. The van der Waals surface area contributed by atoms with Crippen LogP contribution < -0.4 is 14.8 Å². The second kappa shape index (κ2) is 5.64. The van der Waals surface area contributed by atoms with Gasteiger partial charge < -0.3 is 14.6 Å². The van der Waals surface area contributed by atoms with Crippen LogP contribution in [0.5, 0.6) is 11.5 Å². The molecule has 0 fully saturated rings. The van der Waals surface area contributed by atoms with Crippen molar-refractivity contribution in [3.05, 3.63) is 23.1 Å². The van der Waals surface area contributed by atoms with E-state index in [1.165, 1.54) is 11.3 Å². The lowest BCUT2D eigenvalue weighted by atomic mass is 10.1. The lowest BCUT2D eigenvalue weighted by Crippen LogP contribution is -2.21. The van der Waals surface area contributed by atoms with Crippen molar-refractivity contribution in [3.63, 3.8) is 0 Å². The molecule has 0 saturated heterocycles. The number of hydrogen-bond donors (Lipinski definition) is 2. The number of aromatic nitrogens is 1. The van der Waals surface area contributed by atoms with E-state index in [2.05, 4.69) is 10.3 Å². The number of carboxylic acid groups (broad SMARTS) is 1. The number of amides is 1. The number of nitrogens with one attached hydrogen (secondary N) is 1. The molecule has 7 nitrogen and oxygen atoms in total. The fraction of sp³-hybridized carbons (Fsp3) is 0.214. The molecule has 1 aromatic heterocycles. The first kappa shape index (κ1) is 14.3. The van der Waals surface area contributed by atoms with Crippen molar-refractivity contribution in [3.8, 4) is 22.8 Å². The topological polar surface area (TPSA) is 97.8 Å². The van der Waals surface area contributed by atoms with Gasteiger partial charge in [-0.25, -0.2) is 9.78 Å². The van der Waals surface area contributed by atoms with Crippen LogP contribution in [0.15, 0.2) is 18.2 Å². The predicted octanol–water partition coefficient (Wildman–Crippen LogP) is 1.91. The molecule has 0 saturated carbocycles. The standard InChI is InChI=1S/C14H12N2O5S/c1-7-11(15-14(22-7)16-12(17)13(18)19)8-2-3-9-10(6-8)21-5-4-20-9/h2-3,6H,4-5H2,1H3,(H,18,19)(H,15,16,17). The molecule has 22 heavy (non-hydrogen) atoms. The molecule has 2 heterocycles. The van der Waals surface area contributed by atoms with Crippen LogP contribution in [0.3, 0.4) is 0 Å². The average Bonchev–Trinajstić information content (AvgIpc) is 2.87. The average molecular weight is 320 g/mol. The van der Waals surface area contributed by atoms with Gasteiger partial charge in [-0.1, -0.05) is 0 Å². The number of carbonyl (C=O) groups excluding carboxylic acids is 1. The van der Waals surface area contributed by atoms with Crippen molar-refractivity contribution in [2.45, 2.75) is 6.92 Å². The summed E-state index contributed by atoms with van der Waals surface area (Å²) in [5.41, 5.74) is 1.48. The van der Waals surface area contributed by atoms with Crippen LogP contribution in [0.2, 0.25) is 0 Å². The molecule has 2 aromatic rings. The summed E-state index contributed by atoms with van der Waals surface area (Å²) in [6, 6.07) is 5.47. The molecule has 0 spiro atoms. The Balaban J connectivity index is 1.90. The Labute approximate surface area is 129 Å². The highest BCUT2D eigenvalue weighted by Gasteiger charge is 2.18. The first-order chi connectivity index (χ1) is 10.5. The summed E-state index contributed by atoms with van der Waals surface area (Å²) in [5.74, 6) is -1.33. The fourth-order valence-electron chi connectivity index (χ4n) is 2.06. The highest BCUT2D eigenvalue weighted by Crippen LogP contribution is 2.37. The van der Waals surface area contributed by atoms with Gasteiger partial charge in [-0.3, -0.25) is 10.1 Å². The summed E-state index contributed by atoms with van der Waals surface area (Å²) in [5, 5.41) is 11.1. The lowest BCUT2D eigenvalue weighted by Gasteiger charge is -2.18. The SMILES string of the molecule is Cc1sc(NC(=O)C(=O)O)nc1-c1ccc2c(c1)OCCO2. The van der Waals surface area contributed by atoms with E-state index in [1.54, 1.807) is 6.07 Å². The van der Waals surface area contributed by atoms with Crippen molar-refractivity contribution < 1.29 is 24.2 Å². The van der Waals surface area contributed by atoms with Gasteiger partial charge in [-0.15, -0.1) is 11.3 Å². The zero-order valence-electron chi connectivity index (χ0n) is 11.6. The molecule has 1 aliphatic heterocycles. The van der Waals surface area contributed by atoms with E-state index in [9.17, 15) is 9.59 Å². The van der Waals surface area contributed by atoms with Crippen molar-refractivity contribution in [1.29, 1.82) is 0 Å². The van der Waals surface area contributed by atoms with E-state index in [1.807, 2.05) is 19.1 Å². The number of carbonyl (C=O) groups is 2. The fourth-order valence-corrected chi connectivity index (χ4v) is 2.89. The number of fused-ring (bicyclic) bond motifs is 1. The Kier molecular flexibility index (Phi) is 3.68. The monoisotopic (exact) mass is 320 g/mol. The molecule has 1 aliphatic rings. The van der Waals surface area contributed by atoms with Gasteiger partial charge in [0.1, 0.15) is 13.2 Å². The van der Waals surface area contributed by atoms with Crippen molar-refractivity contribution >= 4 is 28.3 Å². The lowest BCUT2D eigenvalue weighted by molar-refractivity contribution is -0.147. The molecular weight excluding hydrogens is 308 g/mol. The Hall–Kier alpha value is -2.61. The van der Waals surface area contributed by atoms with Crippen molar-refractivity contribution in [1.82, 2.24) is 4.98 Å². The minimum absolute atomic E-state index is 0.245. The Morgan fingerprint density at radius 3 is 2.73 bits per heavy atom. The molecule has 0 atom stereocenters. The van der Waals surface area contributed by atoms with E-state index < -0.39 is 11.9 Å². The summed E-state index contributed by atoms with van der Waals surface area (Å²) in [4.78, 5) is 26.9. The number of rotatable bonds is 2. The van der Waals surface area contributed by atoms with Gasteiger partial charge in [0, 0.05) is 10.4 Å². The van der Waals surface area contributed by atoms with E-state index in [0.29, 0.717) is 30.4 Å². The van der Waals surface area contributed by atoms with Crippen LogP contribution in [-0.4, -0.2) is 35.2 Å². The second-order valence-corrected chi connectivity index (χ2v) is 5.74. The third-order valence-electron chi connectivity index (χ3n) is 3.03. The molecule has 0 radical (unpaired) electrons. The van der Waals surface area contributed by atoms with Crippen LogP contribution in [-0.2, 0) is 9.59 Å². The minimum atomic E-state index is -1.55.